The lowest BCUT2D eigenvalue weighted by molar-refractivity contribution is -0.0229. The van der Waals surface area contributed by atoms with Crippen molar-refractivity contribution in [2.24, 2.45) is 0 Å². The standard InChI is InChI=1S/C10H15N5O6/c11-10-12-7-4(8(19)13-10)15(20)2-14(7)9-6(18)5(17)3(1-16)21-9/h3,5-6,9,16-18,20H,1-2H2,(H3,11,12,13,19)/t3-,5-,6-,9-/m1/s1. The minimum atomic E-state index is -1.34. The van der Waals surface area contributed by atoms with Crippen molar-refractivity contribution in [3.05, 3.63) is 10.4 Å². The van der Waals surface area contributed by atoms with Gasteiger partial charge in [-0.2, -0.15) is 4.98 Å². The van der Waals surface area contributed by atoms with Gasteiger partial charge in [0.25, 0.3) is 5.56 Å². The van der Waals surface area contributed by atoms with Crippen LogP contribution in [0.3, 0.4) is 0 Å². The van der Waals surface area contributed by atoms with Gasteiger partial charge in [-0.1, -0.05) is 0 Å². The highest BCUT2D eigenvalue weighted by atomic mass is 16.6. The number of aromatic amines is 1. The lowest BCUT2D eigenvalue weighted by Crippen LogP contribution is -2.45. The summed E-state index contributed by atoms with van der Waals surface area (Å²) in [7, 11) is 0. The molecule has 1 saturated heterocycles. The molecule has 0 radical (unpaired) electrons. The minimum absolute atomic E-state index is 0.0218. The number of hydroxylamine groups is 1. The summed E-state index contributed by atoms with van der Waals surface area (Å²) in [5, 5.41) is 39.3. The summed E-state index contributed by atoms with van der Waals surface area (Å²) in [5.41, 5.74) is 4.69. The molecule has 21 heavy (non-hydrogen) atoms. The van der Waals surface area contributed by atoms with Crippen LogP contribution in [0.2, 0.25) is 0 Å². The summed E-state index contributed by atoms with van der Waals surface area (Å²) in [4.78, 5) is 19.2. The van der Waals surface area contributed by atoms with Crippen molar-refractivity contribution in [2.45, 2.75) is 24.5 Å². The van der Waals surface area contributed by atoms with Gasteiger partial charge < -0.3 is 30.7 Å². The van der Waals surface area contributed by atoms with Gasteiger partial charge in [0.15, 0.2) is 17.7 Å². The van der Waals surface area contributed by atoms with E-state index in [-0.39, 0.29) is 24.1 Å². The van der Waals surface area contributed by atoms with Gasteiger partial charge in [0.2, 0.25) is 5.95 Å². The van der Waals surface area contributed by atoms with Crippen LogP contribution in [-0.2, 0) is 4.74 Å². The van der Waals surface area contributed by atoms with Crippen molar-refractivity contribution in [1.82, 2.24) is 9.97 Å². The first kappa shape index (κ1) is 14.0. The number of rotatable bonds is 2. The van der Waals surface area contributed by atoms with Crippen LogP contribution in [0, 0.1) is 0 Å². The Kier molecular flexibility index (Phi) is 3.22. The van der Waals surface area contributed by atoms with Gasteiger partial charge in [-0.25, -0.2) is 5.06 Å². The molecule has 0 aliphatic carbocycles. The van der Waals surface area contributed by atoms with Crippen LogP contribution in [0.15, 0.2) is 4.79 Å². The van der Waals surface area contributed by atoms with Crippen LogP contribution in [-0.4, -0.2) is 68.3 Å². The molecule has 1 fully saturated rings. The normalized spacial score (nSPS) is 31.8. The van der Waals surface area contributed by atoms with Crippen molar-refractivity contribution in [2.75, 3.05) is 29.0 Å². The highest BCUT2D eigenvalue weighted by Crippen LogP contribution is 2.35. The molecule has 0 aromatic carbocycles. The Balaban J connectivity index is 1.99. The van der Waals surface area contributed by atoms with Crippen LogP contribution in [0.25, 0.3) is 0 Å². The second-order valence-electron chi connectivity index (χ2n) is 4.86. The Bertz CT molecular complexity index is 608. The molecule has 116 valence electrons. The Hall–Kier alpha value is -1.92. The number of aliphatic hydroxyl groups is 3. The van der Waals surface area contributed by atoms with Gasteiger partial charge in [0, 0.05) is 0 Å². The number of nitrogens with one attached hydrogen (secondary N) is 1. The molecule has 2 aliphatic heterocycles. The molecule has 0 amide bonds. The van der Waals surface area contributed by atoms with E-state index in [1.54, 1.807) is 0 Å². The van der Waals surface area contributed by atoms with Crippen molar-refractivity contribution in [1.29, 1.82) is 0 Å². The van der Waals surface area contributed by atoms with Crippen LogP contribution in [0.1, 0.15) is 0 Å². The first-order valence-corrected chi connectivity index (χ1v) is 6.19. The molecule has 0 unspecified atom stereocenters. The fourth-order valence-electron chi connectivity index (χ4n) is 2.53. The average molecular weight is 301 g/mol. The van der Waals surface area contributed by atoms with E-state index in [1.165, 1.54) is 4.90 Å². The first-order valence-electron chi connectivity index (χ1n) is 6.19. The Morgan fingerprint density at radius 2 is 2.14 bits per heavy atom. The third-order valence-corrected chi connectivity index (χ3v) is 3.54. The Labute approximate surface area is 117 Å². The van der Waals surface area contributed by atoms with Crippen molar-refractivity contribution in [3.8, 4) is 0 Å². The number of hydrogen-bond donors (Lipinski definition) is 6. The van der Waals surface area contributed by atoms with E-state index >= 15 is 0 Å². The summed E-state index contributed by atoms with van der Waals surface area (Å²) < 4.78 is 5.35. The maximum absolute atomic E-state index is 11.8. The number of nitrogens with two attached hydrogens (primary N) is 1. The molecule has 1 aromatic rings. The number of H-pyrrole nitrogens is 1. The summed E-state index contributed by atoms with van der Waals surface area (Å²) in [6.07, 6.45) is -4.69. The van der Waals surface area contributed by atoms with Gasteiger partial charge >= 0.3 is 0 Å². The van der Waals surface area contributed by atoms with E-state index in [1.807, 2.05) is 0 Å². The Morgan fingerprint density at radius 1 is 1.43 bits per heavy atom. The van der Waals surface area contributed by atoms with Crippen LogP contribution in [0.4, 0.5) is 17.5 Å². The second kappa shape index (κ2) is 4.82. The molecule has 3 heterocycles. The summed E-state index contributed by atoms with van der Waals surface area (Å²) in [6.45, 7) is -0.690. The number of nitrogens with zero attached hydrogens (tertiary/aromatic N) is 3. The zero-order valence-electron chi connectivity index (χ0n) is 10.7. The molecule has 0 spiro atoms. The summed E-state index contributed by atoms with van der Waals surface area (Å²) in [6, 6.07) is 0. The molecular weight excluding hydrogens is 286 g/mol. The molecule has 11 heteroatoms. The highest BCUT2D eigenvalue weighted by molar-refractivity contribution is 5.71. The molecule has 3 rings (SSSR count). The van der Waals surface area contributed by atoms with Crippen molar-refractivity contribution >= 4 is 17.5 Å². The smallest absolute Gasteiger partial charge is 0.280 e. The third-order valence-electron chi connectivity index (χ3n) is 3.54. The number of hydrogen-bond acceptors (Lipinski definition) is 10. The van der Waals surface area contributed by atoms with E-state index in [0.717, 1.165) is 0 Å². The molecule has 11 nitrogen and oxygen atoms in total. The molecule has 0 saturated carbocycles. The molecule has 2 aliphatic rings. The summed E-state index contributed by atoms with van der Waals surface area (Å²) >= 11 is 0. The molecule has 7 N–H and O–H groups in total. The third kappa shape index (κ3) is 2.02. The fraction of sp³-hybridized carbons (Fsp3) is 0.600. The zero-order valence-corrected chi connectivity index (χ0v) is 10.7. The number of anilines is 3. The lowest BCUT2D eigenvalue weighted by atomic mass is 10.1. The van der Waals surface area contributed by atoms with E-state index in [9.17, 15) is 20.2 Å². The van der Waals surface area contributed by atoms with Gasteiger partial charge in [0.1, 0.15) is 25.0 Å². The van der Waals surface area contributed by atoms with E-state index in [4.69, 9.17) is 15.6 Å². The fourth-order valence-corrected chi connectivity index (χ4v) is 2.53. The van der Waals surface area contributed by atoms with Gasteiger partial charge in [-0.05, 0) is 0 Å². The number of fused-ring (bicyclic) bond motifs is 1. The predicted molar refractivity (Wildman–Crippen MR) is 68.6 cm³/mol. The van der Waals surface area contributed by atoms with Crippen LogP contribution < -0.4 is 21.3 Å². The summed E-state index contributed by atoms with van der Waals surface area (Å²) in [5.74, 6) is -0.139. The van der Waals surface area contributed by atoms with Crippen molar-refractivity contribution < 1.29 is 25.3 Å². The molecule has 4 atom stereocenters. The number of aromatic nitrogens is 2. The van der Waals surface area contributed by atoms with Crippen LogP contribution in [0.5, 0.6) is 0 Å². The van der Waals surface area contributed by atoms with Gasteiger partial charge in [-0.3, -0.25) is 15.0 Å². The molecule has 1 aromatic heterocycles. The predicted octanol–water partition coefficient (Wildman–Crippen LogP) is -3.24. The highest BCUT2D eigenvalue weighted by Gasteiger charge is 2.48. The van der Waals surface area contributed by atoms with Gasteiger partial charge in [0.05, 0.1) is 6.61 Å². The maximum atomic E-state index is 11.8. The maximum Gasteiger partial charge on any atom is 0.280 e. The van der Waals surface area contributed by atoms with E-state index in [2.05, 4.69) is 9.97 Å². The number of ether oxygens (including phenoxy) is 1. The average Bonchev–Trinajstić information content (AvgIpc) is 2.89. The molecular formula is C10H15N5O6. The SMILES string of the molecule is Nc1nc2c(c(=O)[nH]1)N(O)CN2[C@@H]1O[C@H](CO)[C@@H](O)[C@H]1O. The zero-order chi connectivity index (χ0) is 15.3. The van der Waals surface area contributed by atoms with Gasteiger partial charge in [-0.15, -0.1) is 0 Å². The van der Waals surface area contributed by atoms with Crippen molar-refractivity contribution in [3.63, 3.8) is 0 Å². The Morgan fingerprint density at radius 3 is 2.76 bits per heavy atom. The van der Waals surface area contributed by atoms with E-state index in [0.29, 0.717) is 5.06 Å². The minimum Gasteiger partial charge on any atom is -0.394 e. The first-order chi connectivity index (χ1) is 9.93. The van der Waals surface area contributed by atoms with E-state index < -0.39 is 36.7 Å². The number of nitrogen functional groups attached to an aromatic ring is 1. The molecule has 0 bridgehead atoms. The lowest BCUT2D eigenvalue weighted by Gasteiger charge is -2.26. The second-order valence-corrected chi connectivity index (χ2v) is 4.86. The monoisotopic (exact) mass is 301 g/mol. The number of aliphatic hydroxyl groups excluding tert-OH is 3. The largest absolute Gasteiger partial charge is 0.394 e. The quantitative estimate of drug-likeness (QED) is 0.326. The topological polar surface area (TPSA) is 168 Å². The van der Waals surface area contributed by atoms with Crippen LogP contribution >= 0.6 is 0 Å².